The number of halogens is 1. The lowest BCUT2D eigenvalue weighted by Gasteiger charge is -2.07. The van der Waals surface area contributed by atoms with Crippen molar-refractivity contribution < 1.29 is 4.79 Å². The van der Waals surface area contributed by atoms with Crippen molar-refractivity contribution >= 4 is 23.5 Å². The number of anilines is 1. The van der Waals surface area contributed by atoms with E-state index >= 15 is 0 Å². The first-order valence-corrected chi connectivity index (χ1v) is 5.93. The molecule has 0 unspecified atom stereocenters. The van der Waals surface area contributed by atoms with Crippen LogP contribution in [0.25, 0.3) is 0 Å². The molecule has 1 amide bonds. The van der Waals surface area contributed by atoms with Crippen LogP contribution in [0.3, 0.4) is 0 Å². The Kier molecular flexibility index (Phi) is 3.96. The van der Waals surface area contributed by atoms with E-state index in [2.05, 4.69) is 30.5 Å². The minimum atomic E-state index is -0.498. The van der Waals surface area contributed by atoms with Gasteiger partial charge >= 0.3 is 0 Å². The molecule has 0 aliphatic heterocycles. The lowest BCUT2D eigenvalue weighted by Crippen LogP contribution is -2.18. The molecule has 98 valence electrons. The molecule has 0 saturated heterocycles. The Bertz CT molecular complexity index is 589. The van der Waals surface area contributed by atoms with Crippen molar-refractivity contribution in [2.45, 2.75) is 19.8 Å². The summed E-state index contributed by atoms with van der Waals surface area (Å²) in [6.45, 7) is 3.85. The van der Waals surface area contributed by atoms with Crippen LogP contribution in [-0.4, -0.2) is 31.1 Å². The topological polar surface area (TPSA) is 93.6 Å². The first kappa shape index (κ1) is 13.3. The molecule has 19 heavy (non-hydrogen) atoms. The van der Waals surface area contributed by atoms with E-state index in [1.54, 1.807) is 0 Å². The van der Waals surface area contributed by atoms with Crippen molar-refractivity contribution in [3.05, 3.63) is 35.1 Å². The maximum absolute atomic E-state index is 12.0. The number of hydrogen-bond acceptors (Lipinski definition) is 6. The van der Waals surface area contributed by atoms with Gasteiger partial charge in [-0.05, 0) is 0 Å². The molecule has 0 fully saturated rings. The summed E-state index contributed by atoms with van der Waals surface area (Å²) in [4.78, 5) is 24.1. The van der Waals surface area contributed by atoms with Crippen LogP contribution < -0.4 is 5.32 Å². The largest absolute Gasteiger partial charge is 0.288 e. The molecule has 0 atom stereocenters. The van der Waals surface area contributed by atoms with Gasteiger partial charge in [0.25, 0.3) is 5.91 Å². The summed E-state index contributed by atoms with van der Waals surface area (Å²) < 4.78 is 0. The third-order valence-corrected chi connectivity index (χ3v) is 2.48. The number of hydrogen-bond donors (Lipinski definition) is 1. The molecule has 0 radical (unpaired) electrons. The van der Waals surface area contributed by atoms with Crippen LogP contribution in [0.15, 0.2) is 18.6 Å². The van der Waals surface area contributed by atoms with Crippen molar-refractivity contribution in [2.24, 2.45) is 0 Å². The van der Waals surface area contributed by atoms with Crippen LogP contribution in [0, 0.1) is 0 Å². The molecular weight excluding hydrogens is 268 g/mol. The van der Waals surface area contributed by atoms with E-state index in [0.717, 1.165) is 0 Å². The van der Waals surface area contributed by atoms with E-state index in [-0.39, 0.29) is 22.6 Å². The second-order valence-electron chi connectivity index (χ2n) is 4.00. The van der Waals surface area contributed by atoms with Crippen LogP contribution in [0.5, 0.6) is 0 Å². The number of nitrogens with zero attached hydrogens (tertiary/aromatic N) is 5. The minimum absolute atomic E-state index is 0.0906. The second-order valence-corrected chi connectivity index (χ2v) is 4.41. The van der Waals surface area contributed by atoms with Gasteiger partial charge in [0, 0.05) is 5.92 Å². The highest BCUT2D eigenvalue weighted by Crippen LogP contribution is 2.17. The molecule has 8 heteroatoms. The van der Waals surface area contributed by atoms with Gasteiger partial charge < -0.3 is 0 Å². The molecule has 0 aliphatic rings. The zero-order chi connectivity index (χ0) is 13.8. The molecule has 2 aromatic rings. The number of rotatable bonds is 3. The van der Waals surface area contributed by atoms with Crippen molar-refractivity contribution in [1.82, 2.24) is 25.1 Å². The van der Waals surface area contributed by atoms with E-state index in [1.165, 1.54) is 18.6 Å². The maximum Gasteiger partial charge on any atom is 0.278 e. The number of amides is 1. The number of aromatic nitrogens is 5. The number of carbonyl (C=O) groups excluding carboxylic acids is 1. The third kappa shape index (κ3) is 3.19. The molecule has 0 aromatic carbocycles. The molecular formula is C11H11ClN6O. The number of nitrogens with one attached hydrogen (secondary N) is 1. The van der Waals surface area contributed by atoms with Crippen LogP contribution in [0.4, 0.5) is 5.95 Å². The minimum Gasteiger partial charge on any atom is -0.288 e. The van der Waals surface area contributed by atoms with E-state index in [9.17, 15) is 4.79 Å². The normalized spacial score (nSPS) is 10.5. The van der Waals surface area contributed by atoms with Gasteiger partial charge in [0.05, 0.1) is 23.6 Å². The second kappa shape index (κ2) is 5.66. The van der Waals surface area contributed by atoms with Gasteiger partial charge in [0.1, 0.15) is 5.82 Å². The molecule has 2 heterocycles. The van der Waals surface area contributed by atoms with Crippen molar-refractivity contribution in [2.75, 3.05) is 5.32 Å². The molecule has 0 bridgehead atoms. The van der Waals surface area contributed by atoms with Gasteiger partial charge in [-0.25, -0.2) is 15.0 Å². The standard InChI is InChI=1S/C11H11ClN6O/c1-6(2)9-14-5-7(12)8(16-9)10(19)17-11-13-3-4-15-18-11/h3-6H,1-2H3,(H,13,17,18,19). The SMILES string of the molecule is CC(C)c1ncc(Cl)c(C(=O)Nc2nccnn2)n1. The highest BCUT2D eigenvalue weighted by Gasteiger charge is 2.16. The van der Waals surface area contributed by atoms with Crippen LogP contribution >= 0.6 is 11.6 Å². The Morgan fingerprint density at radius 3 is 2.74 bits per heavy atom. The highest BCUT2D eigenvalue weighted by molar-refractivity contribution is 6.33. The molecule has 0 saturated carbocycles. The number of carbonyl (C=O) groups is 1. The monoisotopic (exact) mass is 278 g/mol. The fourth-order valence-corrected chi connectivity index (χ4v) is 1.46. The summed E-state index contributed by atoms with van der Waals surface area (Å²) in [6, 6.07) is 0. The average molecular weight is 279 g/mol. The fourth-order valence-electron chi connectivity index (χ4n) is 1.28. The molecule has 2 aromatic heterocycles. The summed E-state index contributed by atoms with van der Waals surface area (Å²) >= 11 is 5.92. The van der Waals surface area contributed by atoms with E-state index in [4.69, 9.17) is 11.6 Å². The van der Waals surface area contributed by atoms with Crippen molar-refractivity contribution in [3.63, 3.8) is 0 Å². The Morgan fingerprint density at radius 1 is 1.32 bits per heavy atom. The Morgan fingerprint density at radius 2 is 2.11 bits per heavy atom. The lowest BCUT2D eigenvalue weighted by molar-refractivity contribution is 0.102. The van der Waals surface area contributed by atoms with Gasteiger partial charge in [-0.15, -0.1) is 5.10 Å². The Labute approximate surface area is 114 Å². The molecule has 7 nitrogen and oxygen atoms in total. The van der Waals surface area contributed by atoms with E-state index < -0.39 is 5.91 Å². The van der Waals surface area contributed by atoms with Crippen molar-refractivity contribution in [1.29, 1.82) is 0 Å². The highest BCUT2D eigenvalue weighted by atomic mass is 35.5. The van der Waals surface area contributed by atoms with Gasteiger partial charge in [0.15, 0.2) is 5.69 Å². The first-order valence-electron chi connectivity index (χ1n) is 5.55. The Hall–Kier alpha value is -2.15. The van der Waals surface area contributed by atoms with Crippen molar-refractivity contribution in [3.8, 4) is 0 Å². The zero-order valence-corrected chi connectivity index (χ0v) is 11.1. The van der Waals surface area contributed by atoms with Gasteiger partial charge in [0.2, 0.25) is 5.95 Å². The third-order valence-electron chi connectivity index (χ3n) is 2.20. The van der Waals surface area contributed by atoms with Gasteiger partial charge in [-0.2, -0.15) is 5.10 Å². The van der Waals surface area contributed by atoms with Crippen LogP contribution in [0.1, 0.15) is 36.1 Å². The Balaban J connectivity index is 2.26. The summed E-state index contributed by atoms with van der Waals surface area (Å²) in [7, 11) is 0. The first-order chi connectivity index (χ1) is 9.08. The zero-order valence-electron chi connectivity index (χ0n) is 10.3. The van der Waals surface area contributed by atoms with Crippen LogP contribution in [0.2, 0.25) is 5.02 Å². The molecule has 1 N–H and O–H groups in total. The summed E-state index contributed by atoms with van der Waals surface area (Å²) in [6.07, 6.45) is 4.23. The molecule has 0 aliphatic carbocycles. The van der Waals surface area contributed by atoms with E-state index in [1.807, 2.05) is 13.8 Å². The van der Waals surface area contributed by atoms with Crippen LogP contribution in [-0.2, 0) is 0 Å². The average Bonchev–Trinajstić information content (AvgIpc) is 2.40. The lowest BCUT2D eigenvalue weighted by atomic mass is 10.2. The molecule has 2 rings (SSSR count). The van der Waals surface area contributed by atoms with E-state index in [0.29, 0.717) is 5.82 Å². The maximum atomic E-state index is 12.0. The summed E-state index contributed by atoms with van der Waals surface area (Å²) in [5.74, 6) is 0.232. The predicted octanol–water partition coefficient (Wildman–Crippen LogP) is 1.69. The predicted molar refractivity (Wildman–Crippen MR) is 68.9 cm³/mol. The molecule has 0 spiro atoms. The van der Waals surface area contributed by atoms with Gasteiger partial charge in [-0.1, -0.05) is 25.4 Å². The smallest absolute Gasteiger partial charge is 0.278 e. The van der Waals surface area contributed by atoms with Gasteiger partial charge in [-0.3, -0.25) is 10.1 Å². The fraction of sp³-hybridized carbons (Fsp3) is 0.273. The quantitative estimate of drug-likeness (QED) is 0.918. The summed E-state index contributed by atoms with van der Waals surface area (Å²) in [5, 5.41) is 9.90. The summed E-state index contributed by atoms with van der Waals surface area (Å²) in [5.41, 5.74) is 0.0906.